The molecule has 1 N–H and O–H groups in total. The summed E-state index contributed by atoms with van der Waals surface area (Å²) in [5.74, 6) is 0.664. The van der Waals surface area contributed by atoms with Crippen LogP contribution >= 0.6 is 0 Å². The molecule has 76 valence electrons. The molecule has 0 heterocycles. The van der Waals surface area contributed by atoms with Gasteiger partial charge in [-0.15, -0.1) is 0 Å². The predicted octanol–water partition coefficient (Wildman–Crippen LogP) is 2.34. The van der Waals surface area contributed by atoms with E-state index in [1.807, 2.05) is 13.0 Å². The van der Waals surface area contributed by atoms with E-state index >= 15 is 0 Å². The highest BCUT2D eigenvalue weighted by Crippen LogP contribution is 2.00. The van der Waals surface area contributed by atoms with E-state index in [2.05, 4.69) is 30.5 Å². The van der Waals surface area contributed by atoms with Gasteiger partial charge in [0.2, 0.25) is 0 Å². The van der Waals surface area contributed by atoms with Crippen LogP contribution in [0.15, 0.2) is 24.3 Å². The average molecular weight is 183 g/mol. The normalized spacial score (nSPS) is 14.4. The van der Waals surface area contributed by atoms with E-state index in [1.165, 1.54) is 0 Å². The van der Waals surface area contributed by atoms with E-state index in [4.69, 9.17) is 4.74 Å². The van der Waals surface area contributed by atoms with Crippen LogP contribution in [0, 0.1) is 5.92 Å². The molecule has 0 amide bonds. The first-order chi connectivity index (χ1) is 6.31. The molecule has 2 nitrogen and oxygen atoms in total. The highest BCUT2D eigenvalue weighted by atomic mass is 16.5. The molecular formula is C11H21NO. The Kier molecular flexibility index (Phi) is 9.05. The van der Waals surface area contributed by atoms with Crippen molar-refractivity contribution >= 4 is 0 Å². The third-order valence-corrected chi connectivity index (χ3v) is 1.72. The van der Waals surface area contributed by atoms with Crippen molar-refractivity contribution in [1.29, 1.82) is 0 Å². The third kappa shape index (κ3) is 9.31. The molecule has 0 saturated carbocycles. The summed E-state index contributed by atoms with van der Waals surface area (Å²) in [5.41, 5.74) is 0. The minimum atomic E-state index is 0.642. The van der Waals surface area contributed by atoms with E-state index in [9.17, 15) is 0 Å². The number of hydrogen-bond donors (Lipinski definition) is 1. The summed E-state index contributed by atoms with van der Waals surface area (Å²) < 4.78 is 4.89. The summed E-state index contributed by atoms with van der Waals surface area (Å²) in [4.78, 5) is 0. The molecule has 2 heteroatoms. The van der Waals surface area contributed by atoms with Crippen molar-refractivity contribution in [3.05, 3.63) is 24.3 Å². The van der Waals surface area contributed by atoms with E-state index in [0.717, 1.165) is 13.0 Å². The van der Waals surface area contributed by atoms with Crippen molar-refractivity contribution in [2.75, 3.05) is 20.4 Å². The number of methoxy groups -OCH3 is 1. The Hall–Kier alpha value is -0.600. The van der Waals surface area contributed by atoms with E-state index < -0.39 is 0 Å². The van der Waals surface area contributed by atoms with Crippen LogP contribution in [0.1, 0.15) is 20.3 Å². The quantitative estimate of drug-likeness (QED) is 0.371. The molecule has 0 saturated heterocycles. The highest BCUT2D eigenvalue weighted by Gasteiger charge is 1.96. The molecule has 0 radical (unpaired) electrons. The van der Waals surface area contributed by atoms with Crippen molar-refractivity contribution in [2.45, 2.75) is 20.3 Å². The van der Waals surface area contributed by atoms with Gasteiger partial charge in [0, 0.05) is 13.7 Å². The van der Waals surface area contributed by atoms with Gasteiger partial charge in [0.05, 0.1) is 6.73 Å². The third-order valence-electron chi connectivity index (χ3n) is 1.72. The van der Waals surface area contributed by atoms with E-state index in [1.54, 1.807) is 7.11 Å². The summed E-state index contributed by atoms with van der Waals surface area (Å²) in [7, 11) is 1.70. The van der Waals surface area contributed by atoms with Crippen LogP contribution in [-0.2, 0) is 4.74 Å². The summed E-state index contributed by atoms with van der Waals surface area (Å²) >= 11 is 0. The molecule has 0 aliphatic carbocycles. The van der Waals surface area contributed by atoms with Gasteiger partial charge in [-0.25, -0.2) is 0 Å². The molecular weight excluding hydrogens is 162 g/mol. The van der Waals surface area contributed by atoms with Crippen LogP contribution in [0.5, 0.6) is 0 Å². The summed E-state index contributed by atoms with van der Waals surface area (Å²) in [5, 5.41) is 3.20. The zero-order valence-corrected chi connectivity index (χ0v) is 8.92. The molecule has 0 aromatic carbocycles. The molecule has 1 unspecified atom stereocenters. The molecule has 0 rings (SSSR count). The zero-order valence-electron chi connectivity index (χ0n) is 8.92. The lowest BCUT2D eigenvalue weighted by Crippen LogP contribution is -2.22. The lowest BCUT2D eigenvalue weighted by Gasteiger charge is -2.08. The first kappa shape index (κ1) is 12.4. The summed E-state index contributed by atoms with van der Waals surface area (Å²) in [6.07, 6.45) is 9.48. The van der Waals surface area contributed by atoms with Gasteiger partial charge in [0.15, 0.2) is 0 Å². The standard InChI is InChI=1S/C11H21NO/c1-4-5-6-7-8-11(2)9-12-10-13-3/h4-7,11-12H,8-10H2,1-3H3. The van der Waals surface area contributed by atoms with Gasteiger partial charge in [-0.3, -0.25) is 5.32 Å². The van der Waals surface area contributed by atoms with Crippen LogP contribution in [0.4, 0.5) is 0 Å². The monoisotopic (exact) mass is 183 g/mol. The topological polar surface area (TPSA) is 21.3 Å². The van der Waals surface area contributed by atoms with Gasteiger partial charge in [-0.05, 0) is 19.3 Å². The Morgan fingerprint density at radius 3 is 2.77 bits per heavy atom. The highest BCUT2D eigenvalue weighted by molar-refractivity contribution is 5.01. The van der Waals surface area contributed by atoms with E-state index in [-0.39, 0.29) is 0 Å². The fraction of sp³-hybridized carbons (Fsp3) is 0.636. The SMILES string of the molecule is CC=CC=CCC(C)CNCOC. The van der Waals surface area contributed by atoms with Gasteiger partial charge in [0.1, 0.15) is 0 Å². The first-order valence-corrected chi connectivity index (χ1v) is 4.78. The Labute approximate surface area is 81.7 Å². The molecule has 0 aromatic heterocycles. The lowest BCUT2D eigenvalue weighted by molar-refractivity contribution is 0.171. The Morgan fingerprint density at radius 1 is 1.38 bits per heavy atom. The maximum Gasteiger partial charge on any atom is 0.0961 e. The van der Waals surface area contributed by atoms with Crippen LogP contribution in [0.3, 0.4) is 0 Å². The molecule has 0 bridgehead atoms. The number of ether oxygens (including phenoxy) is 1. The Balaban J connectivity index is 3.34. The predicted molar refractivity (Wildman–Crippen MR) is 57.6 cm³/mol. The van der Waals surface area contributed by atoms with Crippen molar-refractivity contribution in [1.82, 2.24) is 5.32 Å². The maximum absolute atomic E-state index is 4.89. The van der Waals surface area contributed by atoms with Gasteiger partial charge >= 0.3 is 0 Å². The smallest absolute Gasteiger partial charge is 0.0961 e. The second-order valence-corrected chi connectivity index (χ2v) is 3.18. The number of nitrogens with one attached hydrogen (secondary N) is 1. The van der Waals surface area contributed by atoms with Crippen molar-refractivity contribution in [3.8, 4) is 0 Å². The molecule has 13 heavy (non-hydrogen) atoms. The van der Waals surface area contributed by atoms with Crippen LogP contribution in [0.2, 0.25) is 0 Å². The summed E-state index contributed by atoms with van der Waals surface area (Å²) in [6.45, 7) is 5.90. The number of rotatable bonds is 7. The molecule has 0 spiro atoms. The average Bonchev–Trinajstić information content (AvgIpc) is 2.13. The second-order valence-electron chi connectivity index (χ2n) is 3.18. The molecule has 1 atom stereocenters. The van der Waals surface area contributed by atoms with Crippen LogP contribution < -0.4 is 5.32 Å². The van der Waals surface area contributed by atoms with Gasteiger partial charge in [-0.1, -0.05) is 31.2 Å². The molecule has 0 aromatic rings. The van der Waals surface area contributed by atoms with Crippen molar-refractivity contribution in [3.63, 3.8) is 0 Å². The largest absolute Gasteiger partial charge is 0.370 e. The maximum atomic E-state index is 4.89. The lowest BCUT2D eigenvalue weighted by atomic mass is 10.1. The molecule has 0 aliphatic rings. The van der Waals surface area contributed by atoms with Crippen LogP contribution in [-0.4, -0.2) is 20.4 Å². The Bertz CT molecular complexity index is 152. The minimum Gasteiger partial charge on any atom is -0.370 e. The second kappa shape index (κ2) is 9.49. The van der Waals surface area contributed by atoms with Gasteiger partial charge in [0.25, 0.3) is 0 Å². The van der Waals surface area contributed by atoms with Crippen molar-refractivity contribution < 1.29 is 4.74 Å². The molecule has 0 aliphatic heterocycles. The van der Waals surface area contributed by atoms with Gasteiger partial charge < -0.3 is 4.74 Å². The van der Waals surface area contributed by atoms with Crippen molar-refractivity contribution in [2.24, 2.45) is 5.92 Å². The minimum absolute atomic E-state index is 0.642. The molecule has 0 fully saturated rings. The zero-order chi connectivity index (χ0) is 9.94. The Morgan fingerprint density at radius 2 is 2.15 bits per heavy atom. The number of hydrogen-bond acceptors (Lipinski definition) is 2. The van der Waals surface area contributed by atoms with E-state index in [0.29, 0.717) is 12.6 Å². The van der Waals surface area contributed by atoms with Gasteiger partial charge in [-0.2, -0.15) is 0 Å². The van der Waals surface area contributed by atoms with Crippen LogP contribution in [0.25, 0.3) is 0 Å². The first-order valence-electron chi connectivity index (χ1n) is 4.78. The number of allylic oxidation sites excluding steroid dienone is 4. The fourth-order valence-electron chi connectivity index (χ4n) is 0.991. The fourth-order valence-corrected chi connectivity index (χ4v) is 0.991. The summed E-state index contributed by atoms with van der Waals surface area (Å²) in [6, 6.07) is 0.